The van der Waals surface area contributed by atoms with E-state index in [1.807, 2.05) is 38.1 Å². The first-order valence-corrected chi connectivity index (χ1v) is 30.9. The van der Waals surface area contributed by atoms with Gasteiger partial charge >= 0.3 is 35.8 Å². The molecule has 2 atom stereocenters. The second-order valence-corrected chi connectivity index (χ2v) is 21.5. The zero-order valence-electron chi connectivity index (χ0n) is 57.5. The van der Waals surface area contributed by atoms with Gasteiger partial charge in [0.1, 0.15) is 0 Å². The summed E-state index contributed by atoms with van der Waals surface area (Å²) in [6.07, 6.45) is -0.791. The number of aliphatic carboxylic acids is 1. The molecule has 0 saturated carbocycles. The number of carbonyl (C=O) groups excluding carboxylic acids is 9. The second-order valence-electron chi connectivity index (χ2n) is 21.5. The summed E-state index contributed by atoms with van der Waals surface area (Å²) in [5, 5.41) is 48.9. The van der Waals surface area contributed by atoms with Gasteiger partial charge in [0.25, 0.3) is 11.4 Å². The Kier molecular flexibility index (Phi) is 38.2. The maximum atomic E-state index is 11.3. The first-order valence-electron chi connectivity index (χ1n) is 30.9. The van der Waals surface area contributed by atoms with Crippen LogP contribution in [0, 0.1) is 34.1 Å². The van der Waals surface area contributed by atoms with Crippen LogP contribution in [-0.4, -0.2) is 117 Å². The SMILES string of the molecule is CC(=O)c1ccc(CC(=O)O)c([N+](=O)[O-])c1.CCOC(=O)Cc1ccc(C(C)=O)cc1C.CCOC(=O)Cc1ccc(C(C)=O)cc1N.CCOC(=O)Cc1ccc(C(C)=O)cc1[N+](=O)[O-].CCOC(=O)Cc1ccc(C(C)O)cc1C.CCOC(=O)Cc1ccc(C(C)O)cc1N. The number of carboxylic acids is 1. The molecule has 0 amide bonds. The fourth-order valence-corrected chi connectivity index (χ4v) is 8.50. The first kappa shape index (κ1) is 85.2. The number of aliphatic hydroxyl groups excluding tert-OH is 2. The number of hydrogen-bond acceptors (Lipinski definition) is 23. The van der Waals surface area contributed by atoms with Gasteiger partial charge in [0.05, 0.1) is 93.6 Å². The van der Waals surface area contributed by atoms with Crippen molar-refractivity contribution in [2.24, 2.45) is 0 Å². The van der Waals surface area contributed by atoms with E-state index in [2.05, 4.69) is 0 Å². The van der Waals surface area contributed by atoms with Crippen LogP contribution in [0.25, 0.3) is 0 Å². The first-order chi connectivity index (χ1) is 46.0. The molecule has 528 valence electrons. The number of nitro groups is 2. The van der Waals surface area contributed by atoms with Crippen LogP contribution in [0.2, 0.25) is 0 Å². The van der Waals surface area contributed by atoms with Gasteiger partial charge in [0.2, 0.25) is 0 Å². The number of carboxylic acid groups (broad SMARTS) is 1. The molecule has 0 aromatic heterocycles. The molecule has 6 aromatic rings. The van der Waals surface area contributed by atoms with Crippen molar-refractivity contribution in [2.45, 2.75) is 141 Å². The van der Waals surface area contributed by atoms with E-state index in [1.54, 1.807) is 97.0 Å². The number of esters is 5. The van der Waals surface area contributed by atoms with Gasteiger partial charge in [0, 0.05) is 56.9 Å². The van der Waals surface area contributed by atoms with Crippen LogP contribution in [0.4, 0.5) is 22.7 Å². The van der Waals surface area contributed by atoms with E-state index in [4.69, 9.17) is 40.3 Å². The fourth-order valence-electron chi connectivity index (χ4n) is 8.50. The van der Waals surface area contributed by atoms with Crippen LogP contribution in [0.5, 0.6) is 0 Å². The number of carbonyl (C=O) groups is 10. The Hall–Kier alpha value is -10.9. The number of nitro benzene ring substituents is 2. The van der Waals surface area contributed by atoms with Crippen molar-refractivity contribution in [3.8, 4) is 0 Å². The van der Waals surface area contributed by atoms with E-state index in [1.165, 1.54) is 58.0 Å². The van der Waals surface area contributed by atoms with E-state index < -0.39 is 40.4 Å². The number of rotatable bonds is 25. The maximum Gasteiger partial charge on any atom is 0.310 e. The summed E-state index contributed by atoms with van der Waals surface area (Å²) in [6.45, 7) is 23.3. The van der Waals surface area contributed by atoms with Crippen molar-refractivity contribution < 1.29 is 96.8 Å². The summed E-state index contributed by atoms with van der Waals surface area (Å²) in [7, 11) is 0. The Labute approximate surface area is 568 Å². The van der Waals surface area contributed by atoms with E-state index in [9.17, 15) is 78.4 Å². The minimum atomic E-state index is -1.15. The molecule has 0 heterocycles. The lowest BCUT2D eigenvalue weighted by atomic mass is 10.0. The highest BCUT2D eigenvalue weighted by Gasteiger charge is 2.21. The lowest BCUT2D eigenvalue weighted by molar-refractivity contribution is -0.385. The van der Waals surface area contributed by atoms with Gasteiger partial charge in [-0.25, -0.2) is 0 Å². The minimum absolute atomic E-state index is 0.0331. The van der Waals surface area contributed by atoms with Gasteiger partial charge in [0.15, 0.2) is 23.1 Å². The molecule has 0 fully saturated rings. The van der Waals surface area contributed by atoms with Crippen molar-refractivity contribution in [3.63, 3.8) is 0 Å². The molecule has 0 bridgehead atoms. The zero-order valence-corrected chi connectivity index (χ0v) is 57.5. The van der Waals surface area contributed by atoms with Crippen molar-refractivity contribution in [2.75, 3.05) is 44.5 Å². The lowest BCUT2D eigenvalue weighted by Crippen LogP contribution is -2.09. The predicted molar refractivity (Wildman–Crippen MR) is 365 cm³/mol. The third kappa shape index (κ3) is 31.6. The summed E-state index contributed by atoms with van der Waals surface area (Å²) in [5.41, 5.74) is 20.7. The fraction of sp³-hybridized carbons (Fsp3) is 0.361. The molecular weight excluding hydrogens is 1270 g/mol. The Morgan fingerprint density at radius 2 is 0.643 bits per heavy atom. The summed E-state index contributed by atoms with van der Waals surface area (Å²) < 4.78 is 24.1. The Morgan fingerprint density at radius 1 is 0.388 bits per heavy atom. The molecule has 6 aromatic carbocycles. The van der Waals surface area contributed by atoms with Crippen molar-refractivity contribution in [3.05, 3.63) is 207 Å². The highest BCUT2D eigenvalue weighted by atomic mass is 16.6. The molecule has 0 radical (unpaired) electrons. The van der Waals surface area contributed by atoms with Gasteiger partial charge in [-0.2, -0.15) is 0 Å². The van der Waals surface area contributed by atoms with Gasteiger partial charge in [-0.1, -0.05) is 78.9 Å². The molecule has 26 nitrogen and oxygen atoms in total. The van der Waals surface area contributed by atoms with Gasteiger partial charge < -0.3 is 50.5 Å². The number of anilines is 2. The van der Waals surface area contributed by atoms with Crippen LogP contribution in [0.15, 0.2) is 109 Å². The summed E-state index contributed by atoms with van der Waals surface area (Å²) in [4.78, 5) is 132. The zero-order chi connectivity index (χ0) is 74.5. The summed E-state index contributed by atoms with van der Waals surface area (Å²) >= 11 is 0. The second kappa shape index (κ2) is 44.0. The number of benzene rings is 6. The van der Waals surface area contributed by atoms with E-state index in [-0.39, 0.29) is 113 Å². The van der Waals surface area contributed by atoms with Gasteiger partial charge in [-0.3, -0.25) is 68.2 Å². The average Bonchev–Trinajstić information content (AvgIpc) is 0.876. The molecule has 26 heteroatoms. The molecule has 6 rings (SSSR count). The third-order valence-electron chi connectivity index (χ3n) is 13.7. The molecule has 0 spiro atoms. The van der Waals surface area contributed by atoms with Crippen LogP contribution in [0.3, 0.4) is 0 Å². The molecular formula is C72H88N4O22. The Bertz CT molecular complexity index is 3630. The molecule has 0 aliphatic rings. The minimum Gasteiger partial charge on any atom is -0.481 e. The van der Waals surface area contributed by atoms with Crippen molar-refractivity contribution in [1.82, 2.24) is 0 Å². The van der Waals surface area contributed by atoms with Gasteiger partial charge in [-0.05, 0) is 153 Å². The lowest BCUT2D eigenvalue weighted by Gasteiger charge is -2.10. The number of Topliss-reactive ketones (excluding diaryl/α,β-unsaturated/α-hetero) is 4. The number of aryl methyl sites for hydroxylation is 2. The van der Waals surface area contributed by atoms with Crippen LogP contribution in [-0.2, 0) is 91.0 Å². The number of nitrogens with zero attached hydrogens (tertiary/aromatic N) is 2. The third-order valence-corrected chi connectivity index (χ3v) is 13.7. The highest BCUT2D eigenvalue weighted by molar-refractivity contribution is 5.97. The summed E-state index contributed by atoms with van der Waals surface area (Å²) in [5.74, 6) is -3.32. The van der Waals surface area contributed by atoms with E-state index >= 15 is 0 Å². The highest BCUT2D eigenvalue weighted by Crippen LogP contribution is 2.25. The normalized spacial score (nSPS) is 10.6. The monoisotopic (exact) mass is 1360 g/mol. The van der Waals surface area contributed by atoms with Gasteiger partial charge in [-0.15, -0.1) is 0 Å². The quantitative estimate of drug-likeness (QED) is 0.00887. The van der Waals surface area contributed by atoms with Crippen LogP contribution < -0.4 is 11.5 Å². The van der Waals surface area contributed by atoms with Crippen molar-refractivity contribution in [1.29, 1.82) is 0 Å². The standard InChI is InChI=1S/C13H18O3.C13H16O3.C12H13NO5.C12H17NO3.C12H15NO3.C10H9NO5/c2*1-4-16-13(15)8-11-5-6-12(10(3)14)7-9(11)2;1-3-18-12(15)7-10-5-4-9(8(2)14)6-11(10)13(16)17;2*1-3-16-12(15)7-10-5-4-9(8(2)14)6-11(10)13;1-6(12)7-2-3-8(5-10(13)14)9(4-7)11(15)16/h5-7,10,14H,4,8H2,1-3H3;5-7H,4,8H2,1-3H3;4-6H,3,7H2,1-2H3;4-6,8,14H,3,7,13H2,1-2H3;4-6H,3,7,13H2,1-2H3;2-4H,5H2,1H3,(H,13,14). The van der Waals surface area contributed by atoms with Crippen molar-refractivity contribution >= 4 is 81.7 Å². The maximum absolute atomic E-state index is 11.3. The van der Waals surface area contributed by atoms with E-state index in [0.717, 1.165) is 45.0 Å². The average molecular weight is 1360 g/mol. The number of hydrogen-bond donors (Lipinski definition) is 5. The summed E-state index contributed by atoms with van der Waals surface area (Å²) in [6, 6.07) is 28.9. The largest absolute Gasteiger partial charge is 0.481 e. The number of nitrogens with two attached hydrogens (primary N) is 2. The number of ketones is 4. The number of nitrogen functional groups attached to an aromatic ring is 2. The molecule has 0 aliphatic carbocycles. The molecule has 2 unspecified atom stereocenters. The molecule has 7 N–H and O–H groups in total. The van der Waals surface area contributed by atoms with E-state index in [0.29, 0.717) is 60.9 Å². The smallest absolute Gasteiger partial charge is 0.310 e. The Morgan fingerprint density at radius 3 is 0.929 bits per heavy atom. The molecule has 0 aliphatic heterocycles. The number of aliphatic hydroxyl groups is 2. The molecule has 0 saturated heterocycles. The Balaban J connectivity index is 0.000000588. The molecule has 98 heavy (non-hydrogen) atoms. The predicted octanol–water partition coefficient (Wildman–Crippen LogP) is 10.8. The van der Waals surface area contributed by atoms with Crippen LogP contribution in [0.1, 0.15) is 185 Å². The topological polar surface area (TPSA) is 416 Å². The number of ether oxygens (including phenoxy) is 5. The van der Waals surface area contributed by atoms with Crippen LogP contribution >= 0.6 is 0 Å².